The topological polar surface area (TPSA) is 83.1 Å². The number of nitrogens with one attached hydrogen (secondary N) is 1. The molecule has 29 heavy (non-hydrogen) atoms. The van der Waals surface area contributed by atoms with Gasteiger partial charge in [-0.05, 0) is 31.5 Å². The number of carbonyl (C=O) groups is 1. The molecule has 0 aliphatic rings. The van der Waals surface area contributed by atoms with Crippen molar-refractivity contribution in [1.82, 2.24) is 9.62 Å². The molecule has 1 amide bonds. The quantitative estimate of drug-likeness (QED) is 0.619. The first-order valence-electron chi connectivity index (χ1n) is 10.1. The Labute approximate surface area is 174 Å². The van der Waals surface area contributed by atoms with Crippen LogP contribution in [0.1, 0.15) is 44.9 Å². The molecule has 0 bridgehead atoms. The van der Waals surface area contributed by atoms with Crippen molar-refractivity contribution in [2.24, 2.45) is 0 Å². The van der Waals surface area contributed by atoms with E-state index in [4.69, 9.17) is 0 Å². The van der Waals surface area contributed by atoms with Crippen LogP contribution in [0.25, 0.3) is 0 Å². The first kappa shape index (κ1) is 23.1. The predicted octanol–water partition coefficient (Wildman–Crippen LogP) is 2.05. The number of amides is 1. The van der Waals surface area contributed by atoms with Gasteiger partial charge in [0.2, 0.25) is 10.0 Å². The van der Waals surface area contributed by atoms with Gasteiger partial charge in [0.15, 0.2) is 6.04 Å². The fourth-order valence-corrected chi connectivity index (χ4v) is 4.69. The molecule has 0 aliphatic heterocycles. The van der Waals surface area contributed by atoms with Crippen LogP contribution in [0.5, 0.6) is 0 Å². The number of nitrogens with two attached hydrogens (primary N) is 1. The van der Waals surface area contributed by atoms with E-state index >= 15 is 0 Å². The van der Waals surface area contributed by atoms with Crippen molar-refractivity contribution in [1.29, 1.82) is 0 Å². The molecule has 0 unspecified atom stereocenters. The summed E-state index contributed by atoms with van der Waals surface area (Å²) in [5.74, 6) is -0.0264. The Kier molecular flexibility index (Phi) is 8.37. The first-order chi connectivity index (χ1) is 13.8. The average Bonchev–Trinajstić information content (AvgIpc) is 2.73. The highest BCUT2D eigenvalue weighted by Crippen LogP contribution is 2.18. The molecule has 7 heteroatoms. The third-order valence-electron chi connectivity index (χ3n) is 5.05. The molecule has 0 radical (unpaired) electrons. The predicted molar refractivity (Wildman–Crippen MR) is 115 cm³/mol. The molecule has 0 spiro atoms. The molecule has 6 nitrogen and oxygen atoms in total. The fourth-order valence-electron chi connectivity index (χ4n) is 3.23. The monoisotopic (exact) mass is 418 g/mol. The highest BCUT2D eigenvalue weighted by atomic mass is 32.2. The Morgan fingerprint density at radius 3 is 2.14 bits per heavy atom. The van der Waals surface area contributed by atoms with Crippen LogP contribution in [-0.4, -0.2) is 37.8 Å². The second-order valence-electron chi connectivity index (χ2n) is 7.13. The summed E-state index contributed by atoms with van der Waals surface area (Å²) in [5, 5.41) is 4.94. The molecule has 3 N–H and O–H groups in total. The van der Waals surface area contributed by atoms with Gasteiger partial charge in [-0.1, -0.05) is 56.3 Å². The van der Waals surface area contributed by atoms with Crippen LogP contribution in [-0.2, 0) is 21.4 Å². The maximum atomic E-state index is 12.6. The van der Waals surface area contributed by atoms with Gasteiger partial charge in [0.05, 0.1) is 4.90 Å². The minimum atomic E-state index is -3.45. The summed E-state index contributed by atoms with van der Waals surface area (Å²) in [4.78, 5) is 12.7. The fraction of sp³-hybridized carbons (Fsp3) is 0.409. The van der Waals surface area contributed by atoms with Crippen LogP contribution in [0.4, 0.5) is 0 Å². The second kappa shape index (κ2) is 10.5. The number of hydrogen-bond donors (Lipinski definition) is 2. The van der Waals surface area contributed by atoms with E-state index in [0.29, 0.717) is 24.5 Å². The van der Waals surface area contributed by atoms with Crippen LogP contribution < -0.4 is 10.6 Å². The normalized spacial score (nSPS) is 13.8. The van der Waals surface area contributed by atoms with Crippen LogP contribution in [0.2, 0.25) is 0 Å². The molecular formula is C22H32N3O3S+. The van der Waals surface area contributed by atoms with Gasteiger partial charge in [-0.3, -0.25) is 4.79 Å². The van der Waals surface area contributed by atoms with Crippen molar-refractivity contribution in [2.45, 2.75) is 51.2 Å². The largest absolute Gasteiger partial charge is 0.347 e. The molecular weight excluding hydrogens is 386 g/mol. The molecule has 2 atom stereocenters. The zero-order valence-electron chi connectivity index (χ0n) is 17.6. The smallest absolute Gasteiger partial charge is 0.278 e. The standard InChI is InChI=1S/C22H31N3O3S/c1-5-25(6-2)29(27,28)21-14-12-20(13-15-21)17(3)24-18(4)22(26)23-16-19-10-8-7-9-11-19/h7-15,17-18,24H,5-6,16H2,1-4H3,(H,23,26)/p+1/t17-,18+/m1/s1. The summed E-state index contributed by atoms with van der Waals surface area (Å²) in [6, 6.07) is 16.5. The molecule has 0 heterocycles. The van der Waals surface area contributed by atoms with Gasteiger partial charge in [0.25, 0.3) is 5.91 Å². The van der Waals surface area contributed by atoms with Crippen LogP contribution >= 0.6 is 0 Å². The number of sulfonamides is 1. The Balaban J connectivity index is 1.96. The summed E-state index contributed by atoms with van der Waals surface area (Å²) in [7, 11) is -3.45. The number of hydrogen-bond acceptors (Lipinski definition) is 3. The van der Waals surface area contributed by atoms with E-state index in [9.17, 15) is 13.2 Å². The van der Waals surface area contributed by atoms with E-state index in [1.54, 1.807) is 12.1 Å². The number of carbonyl (C=O) groups excluding carboxylic acids is 1. The van der Waals surface area contributed by atoms with E-state index in [1.807, 2.05) is 75.5 Å². The lowest BCUT2D eigenvalue weighted by atomic mass is 10.1. The summed E-state index contributed by atoms with van der Waals surface area (Å²) >= 11 is 0. The third kappa shape index (κ3) is 6.13. The SMILES string of the molecule is CCN(CC)S(=O)(=O)c1ccc([C@@H](C)[NH2+][C@@H](C)C(=O)NCc2ccccc2)cc1. The molecule has 0 fully saturated rings. The summed E-state index contributed by atoms with van der Waals surface area (Å²) in [5.41, 5.74) is 2.04. The summed E-state index contributed by atoms with van der Waals surface area (Å²) in [6.45, 7) is 8.93. The van der Waals surface area contributed by atoms with Crippen molar-refractivity contribution in [3.63, 3.8) is 0 Å². The average molecular weight is 419 g/mol. The van der Waals surface area contributed by atoms with Gasteiger partial charge in [0.1, 0.15) is 6.04 Å². The highest BCUT2D eigenvalue weighted by molar-refractivity contribution is 7.89. The minimum absolute atomic E-state index is 0.0256. The van der Waals surface area contributed by atoms with Crippen molar-refractivity contribution >= 4 is 15.9 Å². The van der Waals surface area contributed by atoms with Gasteiger partial charge in [-0.25, -0.2) is 8.42 Å². The molecule has 0 saturated carbocycles. The van der Waals surface area contributed by atoms with E-state index in [0.717, 1.165) is 11.1 Å². The summed E-state index contributed by atoms with van der Waals surface area (Å²) in [6.07, 6.45) is 0. The van der Waals surface area contributed by atoms with Gasteiger partial charge in [-0.15, -0.1) is 0 Å². The lowest BCUT2D eigenvalue weighted by Crippen LogP contribution is -2.92. The lowest BCUT2D eigenvalue weighted by Gasteiger charge is -2.19. The Morgan fingerprint density at radius 1 is 1.00 bits per heavy atom. The maximum Gasteiger partial charge on any atom is 0.278 e. The zero-order valence-corrected chi connectivity index (χ0v) is 18.4. The van der Waals surface area contributed by atoms with Crippen LogP contribution in [0, 0.1) is 0 Å². The van der Waals surface area contributed by atoms with Crippen molar-refractivity contribution in [3.8, 4) is 0 Å². The summed E-state index contributed by atoms with van der Waals surface area (Å²) < 4.78 is 26.6. The third-order valence-corrected chi connectivity index (χ3v) is 7.11. The minimum Gasteiger partial charge on any atom is -0.347 e. The Bertz CT molecular complexity index is 879. The second-order valence-corrected chi connectivity index (χ2v) is 9.07. The molecule has 158 valence electrons. The van der Waals surface area contributed by atoms with Gasteiger partial charge in [0, 0.05) is 25.2 Å². The maximum absolute atomic E-state index is 12.6. The Morgan fingerprint density at radius 2 is 1.59 bits per heavy atom. The first-order valence-corrected chi connectivity index (χ1v) is 11.5. The number of benzene rings is 2. The Hall–Kier alpha value is -2.22. The van der Waals surface area contributed by atoms with Crippen molar-refractivity contribution in [3.05, 3.63) is 65.7 Å². The molecule has 0 aromatic heterocycles. The highest BCUT2D eigenvalue weighted by Gasteiger charge is 2.23. The molecule has 2 rings (SSSR count). The number of nitrogens with zero attached hydrogens (tertiary/aromatic N) is 1. The van der Waals surface area contributed by atoms with Crippen molar-refractivity contribution < 1.29 is 18.5 Å². The van der Waals surface area contributed by atoms with Gasteiger partial charge < -0.3 is 10.6 Å². The van der Waals surface area contributed by atoms with E-state index < -0.39 is 10.0 Å². The molecule has 0 aliphatic carbocycles. The van der Waals surface area contributed by atoms with E-state index in [1.165, 1.54) is 4.31 Å². The molecule has 0 saturated heterocycles. The van der Waals surface area contributed by atoms with Crippen molar-refractivity contribution in [2.75, 3.05) is 13.1 Å². The van der Waals surface area contributed by atoms with Gasteiger partial charge in [-0.2, -0.15) is 4.31 Å². The number of rotatable bonds is 10. The van der Waals surface area contributed by atoms with Crippen LogP contribution in [0.3, 0.4) is 0 Å². The van der Waals surface area contributed by atoms with E-state index in [2.05, 4.69) is 5.32 Å². The van der Waals surface area contributed by atoms with Gasteiger partial charge >= 0.3 is 0 Å². The number of quaternary nitrogens is 1. The molecule has 2 aromatic rings. The van der Waals surface area contributed by atoms with E-state index in [-0.39, 0.29) is 18.0 Å². The lowest BCUT2D eigenvalue weighted by molar-refractivity contribution is -0.710. The van der Waals surface area contributed by atoms with Crippen LogP contribution in [0.15, 0.2) is 59.5 Å². The zero-order chi connectivity index (χ0) is 21.4. The molecule has 2 aromatic carbocycles.